The van der Waals surface area contributed by atoms with Crippen LogP contribution in [0.5, 0.6) is 11.5 Å². The van der Waals surface area contributed by atoms with Crippen LogP contribution in [0.25, 0.3) is 10.9 Å². The molecule has 9 nitrogen and oxygen atoms in total. The Bertz CT molecular complexity index is 1630. The van der Waals surface area contributed by atoms with Crippen LogP contribution < -0.4 is 25.4 Å². The highest BCUT2D eigenvalue weighted by atomic mass is 35.5. The van der Waals surface area contributed by atoms with Gasteiger partial charge in [-0.2, -0.15) is 5.26 Å². The topological polar surface area (TPSA) is 112 Å². The number of halogens is 1. The first kappa shape index (κ1) is 37.7. The Hall–Kier alpha value is -3.58. The summed E-state index contributed by atoms with van der Waals surface area (Å²) in [5.74, 6) is 1.06. The molecular formula is C40H55ClN6O3. The second kappa shape index (κ2) is 18.1. The number of hydrogen-bond acceptors (Lipinski definition) is 8. The molecule has 1 saturated heterocycles. The van der Waals surface area contributed by atoms with E-state index in [2.05, 4.69) is 38.8 Å². The number of nitrogens with zero attached hydrogens (tertiary/aromatic N) is 3. The minimum absolute atomic E-state index is 0.101. The van der Waals surface area contributed by atoms with Gasteiger partial charge in [0.2, 0.25) is 5.91 Å². The van der Waals surface area contributed by atoms with Crippen molar-refractivity contribution in [2.45, 2.75) is 109 Å². The summed E-state index contributed by atoms with van der Waals surface area (Å²) >= 11 is 6.78. The maximum Gasteiger partial charge on any atom is 0.224 e. The SMILES string of the molecule is CCOc1cc2ncc(C#N)c(Nc3ccc(OCC4CCC5(CCCCCCCCC5)C(C)N4)c(Cl)c3)c2cc1NC(=O)CCCN(C)C. The van der Waals surface area contributed by atoms with Crippen LogP contribution in [0, 0.1) is 16.7 Å². The molecule has 50 heavy (non-hydrogen) atoms. The van der Waals surface area contributed by atoms with Crippen molar-refractivity contribution >= 4 is 45.5 Å². The second-order valence-electron chi connectivity index (χ2n) is 14.5. The van der Waals surface area contributed by atoms with E-state index in [1.54, 1.807) is 12.3 Å². The zero-order chi connectivity index (χ0) is 35.5. The van der Waals surface area contributed by atoms with E-state index < -0.39 is 0 Å². The molecule has 1 aliphatic carbocycles. The number of nitrogens with one attached hydrogen (secondary N) is 3. The van der Waals surface area contributed by atoms with E-state index in [1.165, 1.54) is 64.2 Å². The van der Waals surface area contributed by atoms with Crippen LogP contribution >= 0.6 is 11.6 Å². The number of carbonyl (C=O) groups is 1. The molecule has 270 valence electrons. The summed E-state index contributed by atoms with van der Waals surface area (Å²) in [6, 6.07) is 12.2. The van der Waals surface area contributed by atoms with Crippen LogP contribution in [0.15, 0.2) is 36.5 Å². The molecule has 1 saturated carbocycles. The molecule has 2 heterocycles. The van der Waals surface area contributed by atoms with Gasteiger partial charge in [0.05, 0.1) is 34.1 Å². The van der Waals surface area contributed by atoms with Crippen LogP contribution in [0.1, 0.15) is 103 Å². The van der Waals surface area contributed by atoms with Gasteiger partial charge in [-0.25, -0.2) is 0 Å². The first-order valence-corrected chi connectivity index (χ1v) is 19.0. The summed E-state index contributed by atoms with van der Waals surface area (Å²) < 4.78 is 12.2. The number of carbonyl (C=O) groups excluding carboxylic acids is 1. The lowest BCUT2D eigenvalue weighted by molar-refractivity contribution is -0.116. The summed E-state index contributed by atoms with van der Waals surface area (Å²) in [5, 5.41) is 21.5. The number of amides is 1. The molecule has 0 bridgehead atoms. The van der Waals surface area contributed by atoms with Crippen molar-refractivity contribution in [1.29, 1.82) is 5.26 Å². The maximum atomic E-state index is 12.8. The lowest BCUT2D eigenvalue weighted by Gasteiger charge is -2.47. The van der Waals surface area contributed by atoms with Gasteiger partial charge in [-0.1, -0.05) is 56.5 Å². The van der Waals surface area contributed by atoms with E-state index in [0.717, 1.165) is 19.4 Å². The molecule has 1 aliphatic heterocycles. The van der Waals surface area contributed by atoms with Gasteiger partial charge in [-0.15, -0.1) is 0 Å². The Morgan fingerprint density at radius 3 is 2.46 bits per heavy atom. The smallest absolute Gasteiger partial charge is 0.224 e. The van der Waals surface area contributed by atoms with Crippen LogP contribution in [-0.4, -0.2) is 61.7 Å². The maximum absolute atomic E-state index is 12.8. The monoisotopic (exact) mass is 702 g/mol. The molecule has 3 aromatic rings. The zero-order valence-electron chi connectivity index (χ0n) is 30.4. The van der Waals surface area contributed by atoms with Crippen LogP contribution in [0.3, 0.4) is 0 Å². The number of hydrogen-bond donors (Lipinski definition) is 3. The number of ether oxygens (including phenoxy) is 2. The van der Waals surface area contributed by atoms with E-state index in [1.807, 2.05) is 45.3 Å². The highest BCUT2D eigenvalue weighted by Gasteiger charge is 2.40. The second-order valence-corrected chi connectivity index (χ2v) is 14.9. The van der Waals surface area contributed by atoms with Crippen LogP contribution in [0.4, 0.5) is 17.1 Å². The van der Waals surface area contributed by atoms with Gasteiger partial charge in [0.1, 0.15) is 24.2 Å². The van der Waals surface area contributed by atoms with Crippen molar-refractivity contribution in [3.63, 3.8) is 0 Å². The first-order chi connectivity index (χ1) is 24.2. The molecule has 1 spiro atoms. The number of fused-ring (bicyclic) bond motifs is 1. The van der Waals surface area contributed by atoms with Crippen LogP contribution in [0.2, 0.25) is 5.02 Å². The number of anilines is 3. The summed E-state index contributed by atoms with van der Waals surface area (Å²) in [6.07, 6.45) is 17.3. The fourth-order valence-electron chi connectivity index (χ4n) is 7.68. The van der Waals surface area contributed by atoms with Gasteiger partial charge in [0.15, 0.2) is 0 Å². The number of piperidine rings is 1. The van der Waals surface area contributed by atoms with E-state index >= 15 is 0 Å². The normalized spacial score (nSPS) is 19.5. The van der Waals surface area contributed by atoms with E-state index in [4.69, 9.17) is 21.1 Å². The van der Waals surface area contributed by atoms with Crippen molar-refractivity contribution in [2.75, 3.05) is 44.5 Å². The van der Waals surface area contributed by atoms with Crippen molar-refractivity contribution < 1.29 is 14.3 Å². The molecule has 1 aromatic heterocycles. The van der Waals surface area contributed by atoms with Crippen LogP contribution in [-0.2, 0) is 4.79 Å². The summed E-state index contributed by atoms with van der Waals surface area (Å²) in [4.78, 5) is 19.4. The molecule has 1 amide bonds. The molecule has 5 rings (SSSR count). The van der Waals surface area contributed by atoms with E-state index in [0.29, 0.717) is 81.1 Å². The van der Waals surface area contributed by atoms with Crippen molar-refractivity contribution in [1.82, 2.24) is 15.2 Å². The number of nitriles is 1. The summed E-state index contributed by atoms with van der Waals surface area (Å²) in [6.45, 7) is 6.08. The zero-order valence-corrected chi connectivity index (χ0v) is 31.1. The van der Waals surface area contributed by atoms with Gasteiger partial charge in [0.25, 0.3) is 0 Å². The van der Waals surface area contributed by atoms with Crippen molar-refractivity contribution in [3.05, 3.63) is 47.1 Å². The molecule has 2 aliphatic rings. The predicted molar refractivity (Wildman–Crippen MR) is 204 cm³/mol. The molecular weight excluding hydrogens is 648 g/mol. The first-order valence-electron chi connectivity index (χ1n) is 18.6. The lowest BCUT2D eigenvalue weighted by atomic mass is 9.66. The molecule has 10 heteroatoms. The molecule has 3 N–H and O–H groups in total. The van der Waals surface area contributed by atoms with Gasteiger partial charge >= 0.3 is 0 Å². The van der Waals surface area contributed by atoms with Gasteiger partial charge in [-0.3, -0.25) is 9.78 Å². The molecule has 2 unspecified atom stereocenters. The third kappa shape index (κ3) is 9.80. The third-order valence-electron chi connectivity index (χ3n) is 10.6. The van der Waals surface area contributed by atoms with Crippen molar-refractivity contribution in [2.24, 2.45) is 5.41 Å². The number of benzene rings is 2. The summed E-state index contributed by atoms with van der Waals surface area (Å²) in [5.41, 5.74) is 3.22. The fourth-order valence-corrected chi connectivity index (χ4v) is 7.92. The van der Waals surface area contributed by atoms with E-state index in [9.17, 15) is 10.1 Å². The van der Waals surface area contributed by atoms with E-state index in [-0.39, 0.29) is 11.9 Å². The Labute approximate surface area is 303 Å². The number of aromatic nitrogens is 1. The average Bonchev–Trinajstić information content (AvgIpc) is 3.09. The molecule has 2 atom stereocenters. The van der Waals surface area contributed by atoms with Crippen molar-refractivity contribution in [3.8, 4) is 17.6 Å². The fraction of sp³-hybridized carbons (Fsp3) is 0.575. The highest BCUT2D eigenvalue weighted by molar-refractivity contribution is 6.32. The average molecular weight is 703 g/mol. The predicted octanol–water partition coefficient (Wildman–Crippen LogP) is 9.21. The Morgan fingerprint density at radius 2 is 1.80 bits per heavy atom. The third-order valence-corrected chi connectivity index (χ3v) is 10.9. The van der Waals surface area contributed by atoms with Gasteiger partial charge < -0.3 is 30.3 Å². The largest absolute Gasteiger partial charge is 0.492 e. The molecule has 0 radical (unpaired) electrons. The minimum atomic E-state index is -0.101. The standard InChI is InChI=1S/C40H55ClN6O3/c1-5-49-37-24-34-32(23-35(37)46-38(48)14-13-21-47(3)4)39(29(25-42)26-43-34)45-30-15-16-36(33(41)22-30)50-27-31-17-20-40(28(2)44-31)18-11-9-7-6-8-10-12-19-40/h15-16,22-24,26,28,31,44H,5-14,17-21,27H2,1-4H3,(H,43,45)(H,46,48). The number of pyridine rings is 1. The highest BCUT2D eigenvalue weighted by Crippen LogP contribution is 2.44. The Kier molecular flexibility index (Phi) is 13.6. The van der Waals surface area contributed by atoms with Gasteiger partial charge in [0, 0.05) is 41.8 Å². The quantitative estimate of drug-likeness (QED) is 0.171. The Morgan fingerprint density at radius 1 is 1.06 bits per heavy atom. The minimum Gasteiger partial charge on any atom is -0.492 e. The number of rotatable bonds is 12. The molecule has 2 fully saturated rings. The van der Waals surface area contributed by atoms with Gasteiger partial charge in [-0.05, 0) is 96.3 Å². The molecule has 2 aromatic carbocycles. The summed E-state index contributed by atoms with van der Waals surface area (Å²) in [7, 11) is 3.97. The Balaban J connectivity index is 1.27. The lowest BCUT2D eigenvalue weighted by Crippen LogP contribution is -2.54.